The number of nitrogens with two attached hydrogens (primary N) is 1. The molecular weight excluding hydrogens is 218 g/mol. The topological polar surface area (TPSA) is 77.6 Å². The standard InChI is InChI=1S/C7H7N5S2/c8-6-12-11-5(14-6)4-13-7-9-2-1-3-10-7/h1-3H,4H2,(H2,8,12). The molecule has 0 unspecified atom stereocenters. The van der Waals surface area contributed by atoms with Gasteiger partial charge in [-0.3, -0.25) is 0 Å². The van der Waals surface area contributed by atoms with Crippen LogP contribution in [0.1, 0.15) is 5.01 Å². The Morgan fingerprint density at radius 1 is 1.29 bits per heavy atom. The largest absolute Gasteiger partial charge is 0.374 e. The molecule has 2 heterocycles. The quantitative estimate of drug-likeness (QED) is 0.624. The molecule has 0 amide bonds. The van der Waals surface area contributed by atoms with Crippen molar-refractivity contribution in [1.82, 2.24) is 20.2 Å². The average molecular weight is 225 g/mol. The Labute approximate surface area is 88.8 Å². The minimum Gasteiger partial charge on any atom is -0.374 e. The predicted molar refractivity (Wildman–Crippen MR) is 55.9 cm³/mol. The van der Waals surface area contributed by atoms with Gasteiger partial charge in [-0.15, -0.1) is 10.2 Å². The van der Waals surface area contributed by atoms with Crippen LogP contribution in [-0.2, 0) is 5.75 Å². The summed E-state index contributed by atoms with van der Waals surface area (Å²) in [5, 5.41) is 9.74. The molecule has 5 nitrogen and oxygen atoms in total. The zero-order valence-corrected chi connectivity index (χ0v) is 8.75. The lowest BCUT2D eigenvalue weighted by Crippen LogP contribution is -1.85. The third kappa shape index (κ3) is 2.39. The zero-order valence-electron chi connectivity index (χ0n) is 7.12. The van der Waals surface area contributed by atoms with Crippen LogP contribution in [-0.4, -0.2) is 20.2 Å². The second-order valence-corrected chi connectivity index (χ2v) is 4.39. The van der Waals surface area contributed by atoms with E-state index < -0.39 is 0 Å². The van der Waals surface area contributed by atoms with Crippen LogP contribution in [0.3, 0.4) is 0 Å². The van der Waals surface area contributed by atoms with E-state index in [9.17, 15) is 0 Å². The molecule has 2 aromatic heterocycles. The monoisotopic (exact) mass is 225 g/mol. The van der Waals surface area contributed by atoms with Gasteiger partial charge in [0, 0.05) is 12.4 Å². The maximum Gasteiger partial charge on any atom is 0.203 e. The molecule has 2 rings (SSSR count). The summed E-state index contributed by atoms with van der Waals surface area (Å²) < 4.78 is 0. The van der Waals surface area contributed by atoms with Crippen molar-refractivity contribution in [3.05, 3.63) is 23.5 Å². The van der Waals surface area contributed by atoms with Crippen LogP contribution in [0.25, 0.3) is 0 Å². The highest BCUT2D eigenvalue weighted by atomic mass is 32.2. The molecule has 0 aliphatic carbocycles. The van der Waals surface area contributed by atoms with Gasteiger partial charge in [-0.25, -0.2) is 9.97 Å². The van der Waals surface area contributed by atoms with Gasteiger partial charge in [0.05, 0.1) is 5.75 Å². The van der Waals surface area contributed by atoms with Gasteiger partial charge >= 0.3 is 0 Å². The molecule has 0 radical (unpaired) electrons. The Kier molecular flexibility index (Phi) is 2.90. The Bertz CT molecular complexity index is 401. The third-order valence-corrected chi connectivity index (χ3v) is 3.17. The Hall–Kier alpha value is -1.21. The lowest BCUT2D eigenvalue weighted by molar-refractivity contribution is 0.963. The molecule has 0 saturated heterocycles. The molecule has 0 atom stereocenters. The normalized spacial score (nSPS) is 10.3. The molecule has 72 valence electrons. The highest BCUT2D eigenvalue weighted by Gasteiger charge is 2.02. The van der Waals surface area contributed by atoms with Gasteiger partial charge in [0.1, 0.15) is 5.01 Å². The molecule has 0 aliphatic heterocycles. The van der Waals surface area contributed by atoms with Crippen molar-refractivity contribution >= 4 is 28.2 Å². The fourth-order valence-electron chi connectivity index (χ4n) is 0.811. The molecule has 0 spiro atoms. The molecule has 2 N–H and O–H groups in total. The van der Waals surface area contributed by atoms with E-state index in [1.165, 1.54) is 23.1 Å². The molecule has 0 saturated carbocycles. The molecule has 0 aromatic carbocycles. The second-order valence-electron chi connectivity index (χ2n) is 2.35. The summed E-state index contributed by atoms with van der Waals surface area (Å²) >= 11 is 2.90. The summed E-state index contributed by atoms with van der Waals surface area (Å²) in [5.74, 6) is 0.707. The van der Waals surface area contributed by atoms with Gasteiger partial charge in [-0.1, -0.05) is 23.1 Å². The van der Waals surface area contributed by atoms with E-state index in [2.05, 4.69) is 20.2 Å². The molecule has 2 aromatic rings. The van der Waals surface area contributed by atoms with Gasteiger partial charge in [-0.05, 0) is 6.07 Å². The number of aromatic nitrogens is 4. The van der Waals surface area contributed by atoms with Crippen LogP contribution in [0.15, 0.2) is 23.6 Å². The highest BCUT2D eigenvalue weighted by Crippen LogP contribution is 2.21. The average Bonchev–Trinajstić information content (AvgIpc) is 2.63. The summed E-state index contributed by atoms with van der Waals surface area (Å²) in [4.78, 5) is 8.16. The lowest BCUT2D eigenvalue weighted by atomic mass is 10.7. The van der Waals surface area contributed by atoms with Crippen molar-refractivity contribution in [3.8, 4) is 0 Å². The molecule has 14 heavy (non-hydrogen) atoms. The van der Waals surface area contributed by atoms with Crippen LogP contribution in [0.4, 0.5) is 5.13 Å². The molecule has 7 heteroatoms. The summed E-state index contributed by atoms with van der Waals surface area (Å²) in [6, 6.07) is 1.78. The number of anilines is 1. The number of hydrogen-bond donors (Lipinski definition) is 1. The number of nitrogens with zero attached hydrogens (tertiary/aromatic N) is 4. The Balaban J connectivity index is 1.95. The lowest BCUT2D eigenvalue weighted by Gasteiger charge is -1.94. The minimum absolute atomic E-state index is 0.495. The smallest absolute Gasteiger partial charge is 0.203 e. The van der Waals surface area contributed by atoms with Gasteiger partial charge in [0.25, 0.3) is 0 Å². The minimum atomic E-state index is 0.495. The van der Waals surface area contributed by atoms with Crippen LogP contribution in [0.2, 0.25) is 0 Å². The third-order valence-electron chi connectivity index (χ3n) is 1.35. The van der Waals surface area contributed by atoms with E-state index in [0.717, 1.165) is 10.2 Å². The number of nitrogen functional groups attached to an aromatic ring is 1. The van der Waals surface area contributed by atoms with Gasteiger partial charge in [-0.2, -0.15) is 0 Å². The van der Waals surface area contributed by atoms with Crippen LogP contribution >= 0.6 is 23.1 Å². The summed E-state index contributed by atoms with van der Waals surface area (Å²) in [7, 11) is 0. The van der Waals surface area contributed by atoms with Crippen molar-refractivity contribution < 1.29 is 0 Å². The van der Waals surface area contributed by atoms with Crippen molar-refractivity contribution in [3.63, 3.8) is 0 Å². The van der Waals surface area contributed by atoms with Crippen molar-refractivity contribution in [2.24, 2.45) is 0 Å². The first-order valence-electron chi connectivity index (χ1n) is 3.82. The molecule has 0 bridgehead atoms. The number of thioether (sulfide) groups is 1. The van der Waals surface area contributed by atoms with Crippen molar-refractivity contribution in [2.75, 3.05) is 5.73 Å². The van der Waals surface area contributed by atoms with Crippen molar-refractivity contribution in [1.29, 1.82) is 0 Å². The Morgan fingerprint density at radius 2 is 2.07 bits per heavy atom. The fraction of sp³-hybridized carbons (Fsp3) is 0.143. The molecule has 0 fully saturated rings. The maximum atomic E-state index is 5.45. The first kappa shape index (κ1) is 9.35. The van der Waals surface area contributed by atoms with Gasteiger partial charge in [0.2, 0.25) is 5.13 Å². The van der Waals surface area contributed by atoms with Crippen LogP contribution in [0, 0.1) is 0 Å². The zero-order chi connectivity index (χ0) is 9.80. The fourth-order valence-corrected chi connectivity index (χ4v) is 2.21. The van der Waals surface area contributed by atoms with E-state index in [4.69, 9.17) is 5.73 Å². The SMILES string of the molecule is Nc1nnc(CSc2ncccn2)s1. The Morgan fingerprint density at radius 3 is 2.71 bits per heavy atom. The first-order valence-corrected chi connectivity index (χ1v) is 5.62. The number of rotatable bonds is 3. The second kappa shape index (κ2) is 4.34. The van der Waals surface area contributed by atoms with E-state index in [0.29, 0.717) is 10.9 Å². The van der Waals surface area contributed by atoms with Gasteiger partial charge < -0.3 is 5.73 Å². The molecule has 0 aliphatic rings. The predicted octanol–water partition coefficient (Wildman–Crippen LogP) is 1.20. The number of hydrogen-bond acceptors (Lipinski definition) is 7. The highest BCUT2D eigenvalue weighted by molar-refractivity contribution is 7.98. The van der Waals surface area contributed by atoms with E-state index in [1.54, 1.807) is 18.5 Å². The van der Waals surface area contributed by atoms with Gasteiger partial charge in [0.15, 0.2) is 5.16 Å². The summed E-state index contributed by atoms with van der Waals surface area (Å²) in [6.45, 7) is 0. The van der Waals surface area contributed by atoms with E-state index >= 15 is 0 Å². The maximum absolute atomic E-state index is 5.45. The first-order chi connectivity index (χ1) is 6.84. The summed E-state index contributed by atoms with van der Waals surface area (Å²) in [5.41, 5.74) is 5.45. The van der Waals surface area contributed by atoms with Crippen molar-refractivity contribution in [2.45, 2.75) is 10.9 Å². The van der Waals surface area contributed by atoms with E-state index in [-0.39, 0.29) is 0 Å². The molecular formula is C7H7N5S2. The van der Waals surface area contributed by atoms with Crippen LogP contribution in [0.5, 0.6) is 0 Å². The summed E-state index contributed by atoms with van der Waals surface area (Å²) in [6.07, 6.45) is 3.42. The van der Waals surface area contributed by atoms with E-state index in [1.807, 2.05) is 0 Å². The van der Waals surface area contributed by atoms with Crippen LogP contribution < -0.4 is 5.73 Å².